The first-order chi connectivity index (χ1) is 8.74. The van der Waals surface area contributed by atoms with Crippen LogP contribution in [0.4, 0.5) is 5.69 Å². The molecular weight excluding hydrogens is 260 g/mol. The third kappa shape index (κ3) is 4.84. The Balaban J connectivity index is 2.83. The summed E-state index contributed by atoms with van der Waals surface area (Å²) in [4.78, 5) is 12.3. The molecule has 0 saturated heterocycles. The highest BCUT2D eigenvalue weighted by molar-refractivity contribution is 6.33. The minimum atomic E-state index is -0.198. The van der Waals surface area contributed by atoms with Crippen LogP contribution in [0.1, 0.15) is 32.8 Å². The summed E-state index contributed by atoms with van der Waals surface area (Å²) in [6.45, 7) is 8.56. The maximum absolute atomic E-state index is 12.3. The number of rotatable bonds is 4. The number of aryl methyl sites for hydroxylation is 1. The van der Waals surface area contributed by atoms with Crippen LogP contribution in [0, 0.1) is 18.3 Å². The highest BCUT2D eigenvalue weighted by Crippen LogP contribution is 2.28. The number of hydrogen-bond donors (Lipinski definition) is 2. The molecule has 0 bridgehead atoms. The van der Waals surface area contributed by atoms with Crippen LogP contribution in [0.25, 0.3) is 0 Å². The van der Waals surface area contributed by atoms with Crippen LogP contribution in [-0.2, 0) is 4.79 Å². The molecule has 1 atom stereocenters. The van der Waals surface area contributed by atoms with Crippen LogP contribution in [0.5, 0.6) is 0 Å². The van der Waals surface area contributed by atoms with Gasteiger partial charge in [0.25, 0.3) is 0 Å². The molecule has 0 aliphatic heterocycles. The van der Waals surface area contributed by atoms with Crippen molar-refractivity contribution in [3.63, 3.8) is 0 Å². The Hall–Kier alpha value is -1.06. The predicted octanol–water partition coefficient (Wildman–Crippen LogP) is 3.60. The van der Waals surface area contributed by atoms with Crippen molar-refractivity contribution in [3.8, 4) is 0 Å². The molecular formula is C15H23ClN2O. The summed E-state index contributed by atoms with van der Waals surface area (Å²) in [5, 5.41) is 3.46. The van der Waals surface area contributed by atoms with Gasteiger partial charge in [-0.2, -0.15) is 0 Å². The third-order valence-corrected chi connectivity index (χ3v) is 3.30. The lowest BCUT2D eigenvalue weighted by Crippen LogP contribution is -2.32. The van der Waals surface area contributed by atoms with Gasteiger partial charge in [-0.15, -0.1) is 0 Å². The third-order valence-electron chi connectivity index (χ3n) is 2.98. The molecule has 0 heterocycles. The highest BCUT2D eigenvalue weighted by Gasteiger charge is 2.24. The molecule has 0 saturated carbocycles. The normalized spacial score (nSPS) is 13.2. The molecule has 1 rings (SSSR count). The minimum absolute atomic E-state index is 0.0615. The van der Waals surface area contributed by atoms with E-state index in [1.54, 1.807) is 6.07 Å². The monoisotopic (exact) mass is 282 g/mol. The van der Waals surface area contributed by atoms with E-state index in [0.717, 1.165) is 12.0 Å². The van der Waals surface area contributed by atoms with Gasteiger partial charge in [-0.1, -0.05) is 44.5 Å². The van der Waals surface area contributed by atoms with Gasteiger partial charge in [0.05, 0.1) is 16.6 Å². The van der Waals surface area contributed by atoms with Gasteiger partial charge in [-0.05, 0) is 30.4 Å². The smallest absolute Gasteiger partial charge is 0.228 e. The number of halogens is 1. The Bertz CT molecular complexity index is 432. The SMILES string of the molecule is Cc1cccc(Cl)c1NC(=O)C(CN)CC(C)(C)C. The zero-order valence-corrected chi connectivity index (χ0v) is 12.8. The summed E-state index contributed by atoms with van der Waals surface area (Å²) in [6, 6.07) is 5.55. The van der Waals surface area contributed by atoms with E-state index in [1.165, 1.54) is 0 Å². The number of carbonyl (C=O) groups excluding carboxylic acids is 1. The number of anilines is 1. The van der Waals surface area contributed by atoms with Gasteiger partial charge >= 0.3 is 0 Å². The Kier molecular flexibility index (Phi) is 5.39. The number of carbonyl (C=O) groups is 1. The van der Waals surface area contributed by atoms with Crippen LogP contribution in [0.2, 0.25) is 5.02 Å². The fourth-order valence-corrected chi connectivity index (χ4v) is 2.31. The quantitative estimate of drug-likeness (QED) is 0.886. The maximum Gasteiger partial charge on any atom is 0.228 e. The van der Waals surface area contributed by atoms with Gasteiger partial charge in [-0.3, -0.25) is 4.79 Å². The first kappa shape index (κ1) is 16.0. The minimum Gasteiger partial charge on any atom is -0.330 e. The van der Waals surface area contributed by atoms with Crippen molar-refractivity contribution < 1.29 is 4.79 Å². The lowest BCUT2D eigenvalue weighted by Gasteiger charge is -2.24. The average Bonchev–Trinajstić information content (AvgIpc) is 2.29. The average molecular weight is 283 g/mol. The van der Waals surface area contributed by atoms with E-state index in [9.17, 15) is 4.79 Å². The molecule has 19 heavy (non-hydrogen) atoms. The Morgan fingerprint density at radius 2 is 2.05 bits per heavy atom. The summed E-state index contributed by atoms with van der Waals surface area (Å²) < 4.78 is 0. The number of nitrogens with two attached hydrogens (primary N) is 1. The lowest BCUT2D eigenvalue weighted by atomic mass is 9.84. The molecule has 0 fully saturated rings. The fourth-order valence-electron chi connectivity index (χ4n) is 2.04. The molecule has 0 spiro atoms. The van der Waals surface area contributed by atoms with Gasteiger partial charge in [-0.25, -0.2) is 0 Å². The van der Waals surface area contributed by atoms with Gasteiger partial charge in [0.1, 0.15) is 0 Å². The van der Waals surface area contributed by atoms with E-state index < -0.39 is 0 Å². The topological polar surface area (TPSA) is 55.1 Å². The Morgan fingerprint density at radius 1 is 1.42 bits per heavy atom. The van der Waals surface area contributed by atoms with Crippen molar-refractivity contribution in [2.45, 2.75) is 34.1 Å². The van der Waals surface area contributed by atoms with Gasteiger partial charge < -0.3 is 11.1 Å². The second-order valence-corrected chi connectivity index (χ2v) is 6.53. The van der Waals surface area contributed by atoms with Crippen molar-refractivity contribution >= 4 is 23.2 Å². The van der Waals surface area contributed by atoms with Crippen LogP contribution >= 0.6 is 11.6 Å². The van der Waals surface area contributed by atoms with Crippen molar-refractivity contribution in [2.24, 2.45) is 17.1 Å². The van der Waals surface area contributed by atoms with Crippen molar-refractivity contribution in [1.82, 2.24) is 0 Å². The van der Waals surface area contributed by atoms with Crippen LogP contribution in [-0.4, -0.2) is 12.5 Å². The molecule has 0 aromatic heterocycles. The standard InChI is InChI=1S/C15H23ClN2O/c1-10-6-5-7-12(16)13(10)18-14(19)11(9-17)8-15(2,3)4/h5-7,11H,8-9,17H2,1-4H3,(H,18,19). The Morgan fingerprint density at radius 3 is 2.53 bits per heavy atom. The number of para-hydroxylation sites is 1. The molecule has 0 aliphatic carbocycles. The van der Waals surface area contributed by atoms with E-state index in [-0.39, 0.29) is 17.2 Å². The number of hydrogen-bond acceptors (Lipinski definition) is 2. The molecule has 3 nitrogen and oxygen atoms in total. The maximum atomic E-state index is 12.3. The molecule has 1 aromatic carbocycles. The highest BCUT2D eigenvalue weighted by atomic mass is 35.5. The van der Waals surface area contributed by atoms with E-state index in [0.29, 0.717) is 17.3 Å². The van der Waals surface area contributed by atoms with Crippen LogP contribution < -0.4 is 11.1 Å². The fraction of sp³-hybridized carbons (Fsp3) is 0.533. The van der Waals surface area contributed by atoms with Gasteiger partial charge in [0, 0.05) is 6.54 Å². The summed E-state index contributed by atoms with van der Waals surface area (Å²) in [7, 11) is 0. The second-order valence-electron chi connectivity index (χ2n) is 6.12. The molecule has 1 unspecified atom stereocenters. The largest absolute Gasteiger partial charge is 0.330 e. The summed E-state index contributed by atoms with van der Waals surface area (Å²) in [5.41, 5.74) is 7.42. The number of amides is 1. The van der Waals surface area contributed by atoms with E-state index >= 15 is 0 Å². The molecule has 3 N–H and O–H groups in total. The zero-order chi connectivity index (χ0) is 14.6. The summed E-state index contributed by atoms with van der Waals surface area (Å²) in [6.07, 6.45) is 0.749. The Labute approximate surface area is 120 Å². The van der Waals surface area contributed by atoms with Gasteiger partial charge in [0.15, 0.2) is 0 Å². The lowest BCUT2D eigenvalue weighted by molar-refractivity contribution is -0.120. The summed E-state index contributed by atoms with van der Waals surface area (Å²) >= 11 is 6.11. The molecule has 1 aromatic rings. The van der Waals surface area contributed by atoms with Gasteiger partial charge in [0.2, 0.25) is 5.91 Å². The number of benzene rings is 1. The van der Waals surface area contributed by atoms with Crippen LogP contribution in [0.3, 0.4) is 0 Å². The van der Waals surface area contributed by atoms with Crippen molar-refractivity contribution in [3.05, 3.63) is 28.8 Å². The predicted molar refractivity (Wildman–Crippen MR) is 81.4 cm³/mol. The molecule has 1 amide bonds. The summed E-state index contributed by atoms with van der Waals surface area (Å²) in [5.74, 6) is -0.260. The molecule has 106 valence electrons. The van der Waals surface area contributed by atoms with E-state index in [2.05, 4.69) is 26.1 Å². The van der Waals surface area contributed by atoms with E-state index in [4.69, 9.17) is 17.3 Å². The van der Waals surface area contributed by atoms with Crippen molar-refractivity contribution in [2.75, 3.05) is 11.9 Å². The second kappa shape index (κ2) is 6.40. The first-order valence-corrected chi connectivity index (χ1v) is 6.88. The zero-order valence-electron chi connectivity index (χ0n) is 12.1. The van der Waals surface area contributed by atoms with E-state index in [1.807, 2.05) is 19.1 Å². The number of nitrogens with one attached hydrogen (secondary N) is 1. The van der Waals surface area contributed by atoms with Crippen LogP contribution in [0.15, 0.2) is 18.2 Å². The molecule has 0 radical (unpaired) electrons. The first-order valence-electron chi connectivity index (χ1n) is 6.50. The molecule has 0 aliphatic rings. The molecule has 4 heteroatoms. The van der Waals surface area contributed by atoms with Crippen molar-refractivity contribution in [1.29, 1.82) is 0 Å².